The molecule has 1 aromatic heterocycles. The fourth-order valence-corrected chi connectivity index (χ4v) is 0.894. The van der Waals surface area contributed by atoms with Crippen LogP contribution in [0.2, 0.25) is 0 Å². The molecule has 1 aliphatic heterocycles. The third-order valence-electron chi connectivity index (χ3n) is 1.39. The highest BCUT2D eigenvalue weighted by molar-refractivity contribution is 6.61. The summed E-state index contributed by atoms with van der Waals surface area (Å²) in [5.74, 6) is 0. The molecule has 0 spiro atoms. The Labute approximate surface area is 64.8 Å². The molecule has 0 aromatic carbocycles. The molecule has 0 fully saturated rings. The summed E-state index contributed by atoms with van der Waals surface area (Å²) in [6.45, 7) is 0. The van der Waals surface area contributed by atoms with Crippen LogP contribution in [0.25, 0.3) is 0 Å². The predicted octanol–water partition coefficient (Wildman–Crippen LogP) is 0.295. The first-order chi connectivity index (χ1) is 5.47. The molecular weight excluding hydrogens is 141 g/mol. The standard InChI is InChI=1S/C7H6BNO2/c1-2-4-9-7(3-1)8-10-5-6-11-8/h1-6H. The lowest BCUT2D eigenvalue weighted by atomic mass is 9.85. The maximum Gasteiger partial charge on any atom is 0.651 e. The van der Waals surface area contributed by atoms with Crippen LogP contribution in [0.1, 0.15) is 0 Å². The van der Waals surface area contributed by atoms with E-state index in [0.29, 0.717) is 0 Å². The van der Waals surface area contributed by atoms with Crippen molar-refractivity contribution in [3.8, 4) is 0 Å². The number of rotatable bonds is 1. The molecule has 0 unspecified atom stereocenters. The molecule has 0 amide bonds. The van der Waals surface area contributed by atoms with Crippen LogP contribution >= 0.6 is 0 Å². The van der Waals surface area contributed by atoms with Crippen molar-refractivity contribution >= 4 is 12.7 Å². The SMILES string of the molecule is C1=COB(c2ccccn2)O1. The number of hydrogen-bond acceptors (Lipinski definition) is 3. The van der Waals surface area contributed by atoms with Crippen molar-refractivity contribution in [2.24, 2.45) is 0 Å². The Bertz CT molecular complexity index is 254. The molecule has 11 heavy (non-hydrogen) atoms. The number of hydrogen-bond donors (Lipinski definition) is 0. The third-order valence-corrected chi connectivity index (χ3v) is 1.39. The van der Waals surface area contributed by atoms with Crippen LogP contribution in [-0.4, -0.2) is 12.1 Å². The zero-order valence-corrected chi connectivity index (χ0v) is 5.81. The first-order valence-corrected chi connectivity index (χ1v) is 3.34. The first kappa shape index (κ1) is 6.28. The Hall–Kier alpha value is -1.45. The van der Waals surface area contributed by atoms with Crippen molar-refractivity contribution < 1.29 is 9.31 Å². The van der Waals surface area contributed by atoms with Gasteiger partial charge in [0.15, 0.2) is 0 Å². The zero-order valence-electron chi connectivity index (χ0n) is 5.81. The molecule has 1 aliphatic rings. The number of pyridine rings is 1. The Morgan fingerprint density at radius 1 is 1.18 bits per heavy atom. The van der Waals surface area contributed by atoms with E-state index in [1.807, 2.05) is 18.2 Å². The van der Waals surface area contributed by atoms with Crippen molar-refractivity contribution in [3.63, 3.8) is 0 Å². The summed E-state index contributed by atoms with van der Waals surface area (Å²) in [7, 11) is -0.351. The fourth-order valence-electron chi connectivity index (χ4n) is 0.894. The van der Waals surface area contributed by atoms with Crippen LogP contribution in [0.5, 0.6) is 0 Å². The van der Waals surface area contributed by atoms with Crippen molar-refractivity contribution in [2.45, 2.75) is 0 Å². The molecule has 4 heteroatoms. The van der Waals surface area contributed by atoms with Gasteiger partial charge in [-0.15, -0.1) is 0 Å². The second-order valence-corrected chi connectivity index (χ2v) is 2.13. The molecule has 54 valence electrons. The lowest BCUT2D eigenvalue weighted by Gasteiger charge is -2.01. The van der Waals surface area contributed by atoms with Crippen molar-refractivity contribution in [1.82, 2.24) is 4.98 Å². The highest BCUT2D eigenvalue weighted by atomic mass is 16.6. The summed E-state index contributed by atoms with van der Waals surface area (Å²) in [6, 6.07) is 5.61. The Morgan fingerprint density at radius 2 is 2.00 bits per heavy atom. The predicted molar refractivity (Wildman–Crippen MR) is 40.9 cm³/mol. The van der Waals surface area contributed by atoms with Gasteiger partial charge in [0, 0.05) is 6.20 Å². The Kier molecular flexibility index (Phi) is 1.52. The minimum Gasteiger partial charge on any atom is -0.524 e. The van der Waals surface area contributed by atoms with Gasteiger partial charge < -0.3 is 9.31 Å². The van der Waals surface area contributed by atoms with Crippen molar-refractivity contribution in [2.75, 3.05) is 0 Å². The normalized spacial score (nSPS) is 14.4. The lowest BCUT2D eigenvalue weighted by molar-refractivity contribution is 0.422. The van der Waals surface area contributed by atoms with Crippen LogP contribution < -0.4 is 5.59 Å². The van der Waals surface area contributed by atoms with Gasteiger partial charge in [0.2, 0.25) is 0 Å². The summed E-state index contributed by atoms with van der Waals surface area (Å²) in [4.78, 5) is 4.07. The molecule has 0 N–H and O–H groups in total. The minimum atomic E-state index is -0.351. The average Bonchev–Trinajstić information content (AvgIpc) is 2.58. The van der Waals surface area contributed by atoms with Gasteiger partial charge in [-0.3, -0.25) is 4.98 Å². The van der Waals surface area contributed by atoms with E-state index in [9.17, 15) is 0 Å². The van der Waals surface area contributed by atoms with E-state index >= 15 is 0 Å². The van der Waals surface area contributed by atoms with Crippen molar-refractivity contribution in [3.05, 3.63) is 36.9 Å². The van der Waals surface area contributed by atoms with E-state index < -0.39 is 0 Å². The molecule has 0 bridgehead atoms. The lowest BCUT2D eigenvalue weighted by Crippen LogP contribution is -2.33. The highest BCUT2D eigenvalue weighted by Crippen LogP contribution is 1.99. The number of aromatic nitrogens is 1. The van der Waals surface area contributed by atoms with Crippen LogP contribution in [0.15, 0.2) is 36.9 Å². The molecule has 2 heterocycles. The van der Waals surface area contributed by atoms with Crippen molar-refractivity contribution in [1.29, 1.82) is 0 Å². The minimum absolute atomic E-state index is 0.351. The molecule has 2 rings (SSSR count). The van der Waals surface area contributed by atoms with E-state index in [2.05, 4.69) is 4.98 Å². The molecule has 0 aliphatic carbocycles. The van der Waals surface area contributed by atoms with Gasteiger partial charge in [0.25, 0.3) is 0 Å². The van der Waals surface area contributed by atoms with Gasteiger partial charge in [0.05, 0.1) is 12.5 Å². The van der Waals surface area contributed by atoms with Gasteiger partial charge in [-0.1, -0.05) is 6.07 Å². The Morgan fingerprint density at radius 3 is 2.64 bits per heavy atom. The molecule has 0 atom stereocenters. The van der Waals surface area contributed by atoms with Gasteiger partial charge >= 0.3 is 7.12 Å². The summed E-state index contributed by atoms with van der Waals surface area (Å²) in [5.41, 5.74) is 0.789. The molecule has 1 aromatic rings. The molecule has 0 saturated carbocycles. The van der Waals surface area contributed by atoms with E-state index in [-0.39, 0.29) is 7.12 Å². The second kappa shape index (κ2) is 2.66. The van der Waals surface area contributed by atoms with Crippen LogP contribution in [0.4, 0.5) is 0 Å². The van der Waals surface area contributed by atoms with E-state index in [1.54, 1.807) is 6.20 Å². The highest BCUT2D eigenvalue weighted by Gasteiger charge is 2.27. The third kappa shape index (κ3) is 1.19. The van der Waals surface area contributed by atoms with Gasteiger partial charge in [-0.25, -0.2) is 0 Å². The van der Waals surface area contributed by atoms with Gasteiger partial charge in [-0.2, -0.15) is 0 Å². The van der Waals surface area contributed by atoms with E-state index in [0.717, 1.165) is 5.59 Å². The smallest absolute Gasteiger partial charge is 0.524 e. The topological polar surface area (TPSA) is 31.4 Å². The Balaban J connectivity index is 2.17. The number of nitrogens with zero attached hydrogens (tertiary/aromatic N) is 1. The largest absolute Gasteiger partial charge is 0.651 e. The monoisotopic (exact) mass is 147 g/mol. The van der Waals surface area contributed by atoms with Crippen LogP contribution in [0, 0.1) is 0 Å². The summed E-state index contributed by atoms with van der Waals surface area (Å²) in [5, 5.41) is 0. The maximum atomic E-state index is 5.07. The fraction of sp³-hybridized carbons (Fsp3) is 0. The second-order valence-electron chi connectivity index (χ2n) is 2.13. The van der Waals surface area contributed by atoms with E-state index in [4.69, 9.17) is 9.31 Å². The summed E-state index contributed by atoms with van der Waals surface area (Å²) >= 11 is 0. The molecular formula is C7H6BNO2. The summed E-state index contributed by atoms with van der Waals surface area (Å²) in [6.07, 6.45) is 4.74. The quantitative estimate of drug-likeness (QED) is 0.535. The van der Waals surface area contributed by atoms with Gasteiger partial charge in [-0.05, 0) is 12.1 Å². The first-order valence-electron chi connectivity index (χ1n) is 3.34. The maximum absolute atomic E-state index is 5.07. The summed E-state index contributed by atoms with van der Waals surface area (Å²) < 4.78 is 10.1. The van der Waals surface area contributed by atoms with E-state index in [1.165, 1.54) is 12.5 Å². The van der Waals surface area contributed by atoms with Crippen LogP contribution in [-0.2, 0) is 9.31 Å². The zero-order chi connectivity index (χ0) is 7.52. The van der Waals surface area contributed by atoms with Crippen LogP contribution in [0.3, 0.4) is 0 Å². The van der Waals surface area contributed by atoms with Gasteiger partial charge in [0.1, 0.15) is 5.59 Å². The average molecular weight is 147 g/mol. The molecule has 0 saturated heterocycles. The molecule has 3 nitrogen and oxygen atoms in total. The molecule has 0 radical (unpaired) electrons.